The number of hydrogen-bond donors (Lipinski definition) is 0. The third-order valence-corrected chi connectivity index (χ3v) is 4.21. The summed E-state index contributed by atoms with van der Waals surface area (Å²) in [5, 5.41) is 0. The quantitative estimate of drug-likeness (QED) is 0.686. The molecule has 0 aromatic heterocycles. The highest BCUT2D eigenvalue weighted by atomic mass is 15.3. The highest BCUT2D eigenvalue weighted by Gasteiger charge is 2.27. The normalized spacial score (nSPS) is 35.6. The predicted molar refractivity (Wildman–Crippen MR) is 64.8 cm³/mol. The van der Waals surface area contributed by atoms with Gasteiger partial charge in [-0.15, -0.1) is 0 Å². The molecule has 2 heteroatoms. The van der Waals surface area contributed by atoms with Crippen molar-refractivity contribution in [2.75, 3.05) is 33.2 Å². The molecule has 1 saturated heterocycles. The summed E-state index contributed by atoms with van der Waals surface area (Å²) in [5.74, 6) is 0.892. The molecule has 2 atom stereocenters. The summed E-state index contributed by atoms with van der Waals surface area (Å²) in [7, 11) is 2.24. The Hall–Kier alpha value is -0.0800. The van der Waals surface area contributed by atoms with Gasteiger partial charge in [-0.2, -0.15) is 0 Å². The lowest BCUT2D eigenvalue weighted by molar-refractivity contribution is 0.0813. The Labute approximate surface area is 94.6 Å². The van der Waals surface area contributed by atoms with Gasteiger partial charge in [0.2, 0.25) is 0 Å². The molecule has 1 unspecified atom stereocenters. The Morgan fingerprint density at radius 3 is 2.47 bits per heavy atom. The third-order valence-electron chi connectivity index (χ3n) is 4.21. The molecule has 2 fully saturated rings. The van der Waals surface area contributed by atoms with Crippen molar-refractivity contribution in [3.63, 3.8) is 0 Å². The molecule has 0 aromatic rings. The number of rotatable bonds is 2. The van der Waals surface area contributed by atoms with Gasteiger partial charge in [-0.05, 0) is 32.2 Å². The largest absolute Gasteiger partial charge is 0.304 e. The maximum absolute atomic E-state index is 2.73. The van der Waals surface area contributed by atoms with Gasteiger partial charge in [0.05, 0.1) is 0 Å². The Balaban J connectivity index is 1.82. The van der Waals surface area contributed by atoms with Crippen LogP contribution in [0.1, 0.15) is 32.6 Å². The van der Waals surface area contributed by atoms with E-state index in [-0.39, 0.29) is 0 Å². The zero-order valence-corrected chi connectivity index (χ0v) is 10.3. The zero-order valence-electron chi connectivity index (χ0n) is 10.3. The molecule has 0 aromatic carbocycles. The van der Waals surface area contributed by atoms with Gasteiger partial charge in [-0.1, -0.05) is 19.8 Å². The highest BCUT2D eigenvalue weighted by molar-refractivity contribution is 4.86. The first-order chi connectivity index (χ1) is 7.29. The molecule has 2 aliphatic rings. The summed E-state index contributed by atoms with van der Waals surface area (Å²) in [4.78, 5) is 5.18. The van der Waals surface area contributed by atoms with E-state index in [0.717, 1.165) is 12.0 Å². The topological polar surface area (TPSA) is 6.48 Å². The molecule has 1 aliphatic carbocycles. The summed E-state index contributed by atoms with van der Waals surface area (Å²) in [6, 6.07) is 0.883. The summed E-state index contributed by atoms with van der Waals surface area (Å²) < 4.78 is 0. The van der Waals surface area contributed by atoms with E-state index in [0.29, 0.717) is 0 Å². The molecule has 87 valence electrons. The minimum absolute atomic E-state index is 0.883. The van der Waals surface area contributed by atoms with Gasteiger partial charge < -0.3 is 4.90 Å². The maximum atomic E-state index is 2.73. The third kappa shape index (κ3) is 2.94. The Morgan fingerprint density at radius 1 is 1.07 bits per heavy atom. The molecule has 15 heavy (non-hydrogen) atoms. The van der Waals surface area contributed by atoms with Crippen LogP contribution in [-0.2, 0) is 0 Å². The monoisotopic (exact) mass is 209 g/mol. The SMILES string of the molecule is C[CH]C1CCC[C@H](N2CCN(C)CC2)C1. The lowest BCUT2D eigenvalue weighted by atomic mass is 9.83. The van der Waals surface area contributed by atoms with E-state index in [1.54, 1.807) is 0 Å². The summed E-state index contributed by atoms with van der Waals surface area (Å²) in [6.07, 6.45) is 8.14. The second-order valence-electron chi connectivity index (χ2n) is 5.25. The van der Waals surface area contributed by atoms with Crippen LogP contribution in [-0.4, -0.2) is 49.1 Å². The van der Waals surface area contributed by atoms with E-state index in [2.05, 4.69) is 30.2 Å². The van der Waals surface area contributed by atoms with E-state index in [4.69, 9.17) is 0 Å². The van der Waals surface area contributed by atoms with Gasteiger partial charge in [0.15, 0.2) is 0 Å². The molecule has 1 saturated carbocycles. The van der Waals surface area contributed by atoms with E-state index in [9.17, 15) is 0 Å². The molecule has 1 radical (unpaired) electrons. The van der Waals surface area contributed by atoms with Crippen LogP contribution >= 0.6 is 0 Å². The van der Waals surface area contributed by atoms with E-state index in [1.165, 1.54) is 51.9 Å². The maximum Gasteiger partial charge on any atom is 0.0113 e. The number of nitrogens with zero attached hydrogens (tertiary/aromatic N) is 2. The van der Waals surface area contributed by atoms with Crippen molar-refractivity contribution in [3.8, 4) is 0 Å². The minimum atomic E-state index is 0.883. The van der Waals surface area contributed by atoms with E-state index < -0.39 is 0 Å². The highest BCUT2D eigenvalue weighted by Crippen LogP contribution is 2.29. The fourth-order valence-corrected chi connectivity index (χ4v) is 3.02. The number of piperazine rings is 1. The van der Waals surface area contributed by atoms with Gasteiger partial charge >= 0.3 is 0 Å². The van der Waals surface area contributed by atoms with Crippen LogP contribution in [0.3, 0.4) is 0 Å². The molecule has 0 N–H and O–H groups in total. The first kappa shape index (κ1) is 11.4. The van der Waals surface area contributed by atoms with Crippen LogP contribution in [0.2, 0.25) is 0 Å². The molecular weight excluding hydrogens is 184 g/mol. The predicted octanol–water partition coefficient (Wildman–Crippen LogP) is 2.02. The second-order valence-corrected chi connectivity index (χ2v) is 5.25. The van der Waals surface area contributed by atoms with Crippen LogP contribution in [0, 0.1) is 12.3 Å². The lowest BCUT2D eigenvalue weighted by Crippen LogP contribution is -2.50. The van der Waals surface area contributed by atoms with Crippen LogP contribution in [0.15, 0.2) is 0 Å². The lowest BCUT2D eigenvalue weighted by Gasteiger charge is -2.41. The van der Waals surface area contributed by atoms with Crippen molar-refractivity contribution in [2.24, 2.45) is 5.92 Å². The van der Waals surface area contributed by atoms with Crippen molar-refractivity contribution in [2.45, 2.75) is 38.6 Å². The molecule has 1 aliphatic heterocycles. The van der Waals surface area contributed by atoms with Crippen molar-refractivity contribution in [1.29, 1.82) is 0 Å². The Bertz CT molecular complexity index is 185. The van der Waals surface area contributed by atoms with E-state index in [1.807, 2.05) is 0 Å². The fraction of sp³-hybridized carbons (Fsp3) is 0.923. The van der Waals surface area contributed by atoms with Crippen molar-refractivity contribution >= 4 is 0 Å². The Kier molecular flexibility index (Phi) is 4.04. The summed E-state index contributed by atoms with van der Waals surface area (Å²) >= 11 is 0. The zero-order chi connectivity index (χ0) is 10.7. The average Bonchev–Trinajstić information content (AvgIpc) is 2.30. The minimum Gasteiger partial charge on any atom is -0.304 e. The first-order valence-electron chi connectivity index (χ1n) is 6.51. The van der Waals surface area contributed by atoms with Gasteiger partial charge in [-0.3, -0.25) is 4.90 Å². The van der Waals surface area contributed by atoms with Gasteiger partial charge in [0.1, 0.15) is 0 Å². The smallest absolute Gasteiger partial charge is 0.0113 e. The Morgan fingerprint density at radius 2 is 1.80 bits per heavy atom. The second kappa shape index (κ2) is 5.31. The van der Waals surface area contributed by atoms with Crippen LogP contribution < -0.4 is 0 Å². The standard InChI is InChI=1S/C13H25N2/c1-3-12-5-4-6-13(11-12)15-9-7-14(2)8-10-15/h3,12-13H,4-11H2,1-2H3/t12?,13-/m0/s1. The van der Waals surface area contributed by atoms with E-state index >= 15 is 0 Å². The number of hydrogen-bond acceptors (Lipinski definition) is 2. The molecule has 2 rings (SSSR count). The van der Waals surface area contributed by atoms with Gasteiger partial charge in [0, 0.05) is 32.2 Å². The van der Waals surface area contributed by atoms with Crippen molar-refractivity contribution < 1.29 is 0 Å². The molecule has 0 spiro atoms. The van der Waals surface area contributed by atoms with Crippen molar-refractivity contribution in [1.82, 2.24) is 9.80 Å². The molecule has 2 nitrogen and oxygen atoms in total. The van der Waals surface area contributed by atoms with Crippen LogP contribution in [0.5, 0.6) is 0 Å². The molecule has 1 heterocycles. The van der Waals surface area contributed by atoms with Crippen molar-refractivity contribution in [3.05, 3.63) is 6.42 Å². The average molecular weight is 209 g/mol. The molecule has 0 amide bonds. The van der Waals surface area contributed by atoms with Crippen LogP contribution in [0.4, 0.5) is 0 Å². The van der Waals surface area contributed by atoms with Gasteiger partial charge in [0.25, 0.3) is 0 Å². The summed E-state index contributed by atoms with van der Waals surface area (Å²) in [6.45, 7) is 7.33. The fourth-order valence-electron chi connectivity index (χ4n) is 3.02. The summed E-state index contributed by atoms with van der Waals surface area (Å²) in [5.41, 5.74) is 0. The van der Waals surface area contributed by atoms with Gasteiger partial charge in [-0.25, -0.2) is 0 Å². The first-order valence-corrected chi connectivity index (χ1v) is 6.51. The van der Waals surface area contributed by atoms with Crippen LogP contribution in [0.25, 0.3) is 0 Å². The molecular formula is C13H25N2. The number of likely N-dealkylation sites (N-methyl/N-ethyl adjacent to an activating group) is 1. The molecule has 0 bridgehead atoms.